The number of rotatable bonds is 3. The van der Waals surface area contributed by atoms with Crippen molar-refractivity contribution < 1.29 is 14.0 Å². The van der Waals surface area contributed by atoms with E-state index in [2.05, 4.69) is 9.88 Å². The second-order valence-electron chi connectivity index (χ2n) is 7.81. The molecule has 6 heteroatoms. The Kier molecular flexibility index (Phi) is 4.08. The average Bonchev–Trinajstić information content (AvgIpc) is 3.24. The molecule has 3 heterocycles. The molecule has 27 heavy (non-hydrogen) atoms. The van der Waals surface area contributed by atoms with Gasteiger partial charge in [0.25, 0.3) is 0 Å². The molecule has 0 spiro atoms. The lowest BCUT2D eigenvalue weighted by Gasteiger charge is -2.32. The van der Waals surface area contributed by atoms with Crippen molar-refractivity contribution in [1.29, 1.82) is 0 Å². The van der Waals surface area contributed by atoms with Crippen molar-refractivity contribution in [1.82, 2.24) is 14.8 Å². The summed E-state index contributed by atoms with van der Waals surface area (Å²) < 4.78 is 5.92. The van der Waals surface area contributed by atoms with Crippen LogP contribution in [0.1, 0.15) is 37.5 Å². The first-order valence-corrected chi connectivity index (χ1v) is 9.79. The number of amides is 2. The minimum absolute atomic E-state index is 0.00965. The maximum absolute atomic E-state index is 12.6. The third kappa shape index (κ3) is 2.88. The fraction of sp³-hybridized carbons (Fsp3) is 0.476. The number of para-hydroxylation sites is 2. The Morgan fingerprint density at radius 1 is 1.00 bits per heavy atom. The molecule has 2 amide bonds. The highest BCUT2D eigenvalue weighted by molar-refractivity contribution is 6.05. The summed E-state index contributed by atoms with van der Waals surface area (Å²) in [6, 6.07) is 7.84. The van der Waals surface area contributed by atoms with E-state index in [0.717, 1.165) is 42.9 Å². The summed E-state index contributed by atoms with van der Waals surface area (Å²) in [6.45, 7) is 2.10. The van der Waals surface area contributed by atoms with E-state index < -0.39 is 0 Å². The number of imide groups is 1. The summed E-state index contributed by atoms with van der Waals surface area (Å²) in [6.07, 6.45) is 7.31. The summed E-state index contributed by atoms with van der Waals surface area (Å²) in [5.41, 5.74) is 1.74. The van der Waals surface area contributed by atoms with Crippen LogP contribution in [0.2, 0.25) is 0 Å². The van der Waals surface area contributed by atoms with E-state index in [4.69, 9.17) is 4.42 Å². The van der Waals surface area contributed by atoms with Gasteiger partial charge in [0, 0.05) is 19.0 Å². The van der Waals surface area contributed by atoms with Crippen LogP contribution in [0.15, 0.2) is 40.8 Å². The Labute approximate surface area is 157 Å². The molecule has 2 atom stereocenters. The molecular weight excluding hydrogens is 342 g/mol. The standard InChI is InChI=1S/C21H23N3O3/c25-20-15-5-1-2-6-16(15)21(26)24(20)13-23-11-9-14(10-12-23)19-22-17-7-3-4-8-18(17)27-19/h1-4,7-8,14-16H,5-6,9-13H2/t15-,16-/m1/s1. The van der Waals surface area contributed by atoms with Crippen LogP contribution in [0, 0.1) is 11.8 Å². The molecule has 0 bridgehead atoms. The summed E-state index contributed by atoms with van der Waals surface area (Å²) in [4.78, 5) is 33.6. The largest absolute Gasteiger partial charge is 0.440 e. The lowest BCUT2D eigenvalue weighted by Crippen LogP contribution is -2.44. The zero-order valence-electron chi connectivity index (χ0n) is 15.2. The molecule has 3 aliphatic rings. The number of hydrogen-bond acceptors (Lipinski definition) is 5. The molecule has 2 saturated heterocycles. The van der Waals surface area contributed by atoms with Crippen molar-refractivity contribution in [3.05, 3.63) is 42.3 Å². The van der Waals surface area contributed by atoms with Gasteiger partial charge in [-0.2, -0.15) is 0 Å². The van der Waals surface area contributed by atoms with Gasteiger partial charge in [0.05, 0.1) is 18.5 Å². The van der Waals surface area contributed by atoms with Crippen LogP contribution in [-0.4, -0.2) is 46.4 Å². The highest BCUT2D eigenvalue weighted by Gasteiger charge is 2.47. The molecule has 0 saturated carbocycles. The highest BCUT2D eigenvalue weighted by Crippen LogP contribution is 2.36. The van der Waals surface area contributed by atoms with Gasteiger partial charge in [0.15, 0.2) is 11.5 Å². The number of likely N-dealkylation sites (tertiary alicyclic amines) is 2. The summed E-state index contributed by atoms with van der Waals surface area (Å²) in [7, 11) is 0. The Morgan fingerprint density at radius 3 is 2.33 bits per heavy atom. The van der Waals surface area contributed by atoms with Gasteiger partial charge >= 0.3 is 0 Å². The number of benzene rings is 1. The van der Waals surface area contributed by atoms with E-state index >= 15 is 0 Å². The third-order valence-corrected chi connectivity index (χ3v) is 6.19. The summed E-state index contributed by atoms with van der Waals surface area (Å²) in [5.74, 6) is 0.845. The Bertz CT molecular complexity index is 851. The van der Waals surface area contributed by atoms with Gasteiger partial charge in [-0.3, -0.25) is 19.4 Å². The van der Waals surface area contributed by atoms with Crippen molar-refractivity contribution >= 4 is 22.9 Å². The van der Waals surface area contributed by atoms with Crippen LogP contribution in [0.4, 0.5) is 0 Å². The molecule has 0 radical (unpaired) electrons. The first kappa shape index (κ1) is 16.7. The van der Waals surface area contributed by atoms with Crippen molar-refractivity contribution in [2.75, 3.05) is 19.8 Å². The van der Waals surface area contributed by atoms with Gasteiger partial charge in [-0.1, -0.05) is 24.3 Å². The maximum Gasteiger partial charge on any atom is 0.234 e. The number of aromatic nitrogens is 1. The summed E-state index contributed by atoms with van der Waals surface area (Å²) in [5, 5.41) is 0. The van der Waals surface area contributed by atoms with E-state index in [1.807, 2.05) is 36.4 Å². The van der Waals surface area contributed by atoms with Crippen LogP contribution in [0.3, 0.4) is 0 Å². The SMILES string of the molecule is O=C1[C@@H]2CC=CC[C@H]2C(=O)N1CN1CCC(c2nc3ccccc3o2)CC1. The van der Waals surface area contributed by atoms with Gasteiger partial charge in [-0.05, 0) is 37.8 Å². The van der Waals surface area contributed by atoms with E-state index in [1.54, 1.807) is 0 Å². The van der Waals surface area contributed by atoms with Crippen molar-refractivity contribution in [2.24, 2.45) is 11.8 Å². The first-order valence-electron chi connectivity index (χ1n) is 9.79. The molecule has 6 nitrogen and oxygen atoms in total. The normalized spacial score (nSPS) is 26.9. The smallest absolute Gasteiger partial charge is 0.234 e. The fourth-order valence-electron chi connectivity index (χ4n) is 4.59. The second kappa shape index (κ2) is 6.60. The average molecular weight is 365 g/mol. The minimum atomic E-state index is -0.139. The summed E-state index contributed by atoms with van der Waals surface area (Å²) >= 11 is 0. The fourth-order valence-corrected chi connectivity index (χ4v) is 4.59. The van der Waals surface area contributed by atoms with E-state index in [1.165, 1.54) is 4.90 Å². The zero-order chi connectivity index (χ0) is 18.4. The Hall–Kier alpha value is -2.47. The van der Waals surface area contributed by atoms with Gasteiger partial charge in [-0.25, -0.2) is 4.98 Å². The molecule has 0 N–H and O–H groups in total. The molecular formula is C21H23N3O3. The lowest BCUT2D eigenvalue weighted by atomic mass is 9.85. The molecule has 1 aromatic heterocycles. The number of carbonyl (C=O) groups is 2. The van der Waals surface area contributed by atoms with Crippen LogP contribution < -0.4 is 0 Å². The second-order valence-corrected chi connectivity index (χ2v) is 7.81. The molecule has 5 rings (SSSR count). The molecule has 140 valence electrons. The van der Waals surface area contributed by atoms with Crippen LogP contribution >= 0.6 is 0 Å². The molecule has 1 aliphatic carbocycles. The number of hydrogen-bond donors (Lipinski definition) is 0. The van der Waals surface area contributed by atoms with E-state index in [9.17, 15) is 9.59 Å². The van der Waals surface area contributed by atoms with Gasteiger partial charge < -0.3 is 4.42 Å². The number of oxazole rings is 1. The molecule has 0 unspecified atom stereocenters. The highest BCUT2D eigenvalue weighted by atomic mass is 16.3. The number of allylic oxidation sites excluding steroid dienone is 2. The maximum atomic E-state index is 12.6. The molecule has 2 fully saturated rings. The number of piperidine rings is 1. The van der Waals surface area contributed by atoms with Crippen molar-refractivity contribution in [2.45, 2.75) is 31.6 Å². The third-order valence-electron chi connectivity index (χ3n) is 6.19. The van der Waals surface area contributed by atoms with Crippen LogP contribution in [0.5, 0.6) is 0 Å². The van der Waals surface area contributed by atoms with E-state index in [0.29, 0.717) is 25.4 Å². The monoisotopic (exact) mass is 365 g/mol. The number of carbonyl (C=O) groups excluding carboxylic acids is 2. The van der Waals surface area contributed by atoms with Gasteiger partial charge in [0.1, 0.15) is 5.52 Å². The van der Waals surface area contributed by atoms with Crippen molar-refractivity contribution in [3.8, 4) is 0 Å². The number of nitrogens with zero attached hydrogens (tertiary/aromatic N) is 3. The predicted molar refractivity (Wildman–Crippen MR) is 99.6 cm³/mol. The lowest BCUT2D eigenvalue weighted by molar-refractivity contribution is -0.142. The quantitative estimate of drug-likeness (QED) is 0.618. The van der Waals surface area contributed by atoms with Crippen molar-refractivity contribution in [3.63, 3.8) is 0 Å². The number of fused-ring (bicyclic) bond motifs is 2. The topological polar surface area (TPSA) is 66.7 Å². The van der Waals surface area contributed by atoms with E-state index in [-0.39, 0.29) is 23.7 Å². The Balaban J connectivity index is 1.22. The van der Waals surface area contributed by atoms with Gasteiger partial charge in [0.2, 0.25) is 11.8 Å². The first-order chi connectivity index (χ1) is 13.2. The van der Waals surface area contributed by atoms with Gasteiger partial charge in [-0.15, -0.1) is 0 Å². The predicted octanol–water partition coefficient (Wildman–Crippen LogP) is 2.92. The van der Waals surface area contributed by atoms with Crippen LogP contribution in [-0.2, 0) is 9.59 Å². The van der Waals surface area contributed by atoms with Crippen LogP contribution in [0.25, 0.3) is 11.1 Å². The Morgan fingerprint density at radius 2 is 1.67 bits per heavy atom. The minimum Gasteiger partial charge on any atom is -0.440 e. The molecule has 2 aromatic rings. The zero-order valence-corrected chi connectivity index (χ0v) is 15.2. The molecule has 1 aromatic carbocycles. The molecule has 2 aliphatic heterocycles.